The quantitative estimate of drug-likeness (QED) is 0.835. The van der Waals surface area contributed by atoms with Crippen LogP contribution in [0.4, 0.5) is 8.78 Å². The molecule has 0 radical (unpaired) electrons. The van der Waals surface area contributed by atoms with Crippen LogP contribution < -0.4 is 0 Å². The molecule has 0 saturated carbocycles. The van der Waals surface area contributed by atoms with E-state index in [9.17, 15) is 13.6 Å². The zero-order chi connectivity index (χ0) is 11.7. The monoisotopic (exact) mass is 228 g/mol. The summed E-state index contributed by atoms with van der Waals surface area (Å²) in [5, 5.41) is 12.2. The summed E-state index contributed by atoms with van der Waals surface area (Å²) in [6, 6.07) is 1.11. The number of nitrogens with zero attached hydrogens (tertiary/aromatic N) is 4. The number of aromatic nitrogens is 4. The molecule has 84 valence electrons. The highest BCUT2D eigenvalue weighted by atomic mass is 19.3. The van der Waals surface area contributed by atoms with Gasteiger partial charge in [0, 0.05) is 6.20 Å². The first-order chi connectivity index (χ1) is 7.58. The first kappa shape index (κ1) is 10.4. The Labute approximate surface area is 87.6 Å². The molecule has 1 N–H and O–H groups in total. The van der Waals surface area contributed by atoms with Crippen molar-refractivity contribution in [2.75, 3.05) is 0 Å². The Morgan fingerprint density at radius 2 is 2.31 bits per heavy atom. The Morgan fingerprint density at radius 1 is 1.56 bits per heavy atom. The topological polar surface area (TPSA) is 80.4 Å². The fraction of sp³-hybridized carbons (Fsp3) is 0.250. The molecule has 0 spiro atoms. The molecule has 0 aliphatic rings. The molecule has 6 nitrogen and oxygen atoms in total. The number of aliphatic carboxylic acids is 1. The van der Waals surface area contributed by atoms with Gasteiger partial charge in [0.05, 0.1) is 0 Å². The molecule has 0 bridgehead atoms. The summed E-state index contributed by atoms with van der Waals surface area (Å²) in [5.41, 5.74) is -0.367. The number of halogens is 2. The summed E-state index contributed by atoms with van der Waals surface area (Å²) in [6.07, 6.45) is -1.97. The summed E-state index contributed by atoms with van der Waals surface area (Å²) in [7, 11) is 0. The van der Waals surface area contributed by atoms with Crippen molar-refractivity contribution in [1.82, 2.24) is 19.6 Å². The lowest BCUT2D eigenvalue weighted by atomic mass is 10.4. The van der Waals surface area contributed by atoms with E-state index >= 15 is 0 Å². The van der Waals surface area contributed by atoms with Gasteiger partial charge in [0.15, 0.2) is 5.82 Å². The van der Waals surface area contributed by atoms with Gasteiger partial charge in [-0.2, -0.15) is 9.50 Å². The highest BCUT2D eigenvalue weighted by molar-refractivity contribution is 5.69. The van der Waals surface area contributed by atoms with E-state index in [1.807, 2.05) is 0 Å². The van der Waals surface area contributed by atoms with E-state index < -0.39 is 18.8 Å². The smallest absolute Gasteiger partial charge is 0.311 e. The third kappa shape index (κ3) is 1.81. The first-order valence-electron chi connectivity index (χ1n) is 4.28. The standard InChI is InChI=1S/C8H6F2N4O2/c9-7(10)4-1-2-11-8-12-5(3-6(15)16)13-14(4)8/h1-2,7H,3H2,(H,15,16). The molecular formula is C8H6F2N4O2. The highest BCUT2D eigenvalue weighted by Gasteiger charge is 2.16. The maximum absolute atomic E-state index is 12.5. The van der Waals surface area contributed by atoms with Crippen LogP contribution in [0.25, 0.3) is 5.78 Å². The van der Waals surface area contributed by atoms with Gasteiger partial charge in [0.1, 0.15) is 12.1 Å². The second-order valence-electron chi connectivity index (χ2n) is 2.98. The molecule has 0 atom stereocenters. The molecule has 0 aliphatic carbocycles. The fourth-order valence-electron chi connectivity index (χ4n) is 1.23. The van der Waals surface area contributed by atoms with Crippen molar-refractivity contribution in [3.63, 3.8) is 0 Å². The maximum Gasteiger partial charge on any atom is 0.311 e. The Morgan fingerprint density at radius 3 is 2.94 bits per heavy atom. The van der Waals surface area contributed by atoms with Gasteiger partial charge in [-0.15, -0.1) is 5.10 Å². The van der Waals surface area contributed by atoms with Crippen LogP contribution in [0.2, 0.25) is 0 Å². The van der Waals surface area contributed by atoms with E-state index in [1.54, 1.807) is 0 Å². The van der Waals surface area contributed by atoms with Crippen LogP contribution in [-0.4, -0.2) is 30.7 Å². The first-order valence-corrected chi connectivity index (χ1v) is 4.28. The Hall–Kier alpha value is -2.12. The molecule has 2 rings (SSSR count). The molecule has 0 aliphatic heterocycles. The number of carboxylic acids is 1. The summed E-state index contributed by atoms with van der Waals surface area (Å²) in [6.45, 7) is 0. The van der Waals surface area contributed by atoms with Crippen molar-refractivity contribution in [1.29, 1.82) is 0 Å². The SMILES string of the molecule is O=C(O)Cc1nc2nccc(C(F)F)n2n1. The molecule has 0 fully saturated rings. The van der Waals surface area contributed by atoms with E-state index in [0.29, 0.717) is 0 Å². The second kappa shape index (κ2) is 3.80. The molecule has 2 heterocycles. The van der Waals surface area contributed by atoms with E-state index in [4.69, 9.17) is 5.11 Å². The summed E-state index contributed by atoms with van der Waals surface area (Å²) < 4.78 is 25.9. The minimum Gasteiger partial charge on any atom is -0.481 e. The van der Waals surface area contributed by atoms with Crippen LogP contribution in [0, 0.1) is 0 Å². The minimum absolute atomic E-state index is 0.0333. The number of hydrogen-bond acceptors (Lipinski definition) is 4. The lowest BCUT2D eigenvalue weighted by Gasteiger charge is -1.99. The zero-order valence-corrected chi connectivity index (χ0v) is 7.84. The zero-order valence-electron chi connectivity index (χ0n) is 7.84. The average Bonchev–Trinajstić information content (AvgIpc) is 2.57. The van der Waals surface area contributed by atoms with Crippen molar-refractivity contribution in [3.8, 4) is 0 Å². The maximum atomic E-state index is 12.5. The largest absolute Gasteiger partial charge is 0.481 e. The van der Waals surface area contributed by atoms with Crippen LogP contribution in [0.1, 0.15) is 17.9 Å². The molecule has 0 unspecified atom stereocenters. The third-order valence-corrected chi connectivity index (χ3v) is 1.85. The van der Waals surface area contributed by atoms with Gasteiger partial charge in [-0.05, 0) is 6.07 Å². The van der Waals surface area contributed by atoms with Crippen LogP contribution in [-0.2, 0) is 11.2 Å². The van der Waals surface area contributed by atoms with E-state index in [2.05, 4.69) is 15.1 Å². The molecule has 2 aromatic heterocycles. The number of rotatable bonds is 3. The number of hydrogen-bond donors (Lipinski definition) is 1. The molecule has 0 amide bonds. The van der Waals surface area contributed by atoms with Gasteiger partial charge in [-0.25, -0.2) is 13.8 Å². The normalized spacial score (nSPS) is 11.2. The Kier molecular flexibility index (Phi) is 2.47. The van der Waals surface area contributed by atoms with Crippen molar-refractivity contribution in [3.05, 3.63) is 23.8 Å². The molecule has 2 aromatic rings. The third-order valence-electron chi connectivity index (χ3n) is 1.85. The number of carbonyl (C=O) groups is 1. The van der Waals surface area contributed by atoms with Crippen LogP contribution in [0.5, 0.6) is 0 Å². The molecular weight excluding hydrogens is 222 g/mol. The molecule has 0 aromatic carbocycles. The van der Waals surface area contributed by atoms with Gasteiger partial charge in [0.25, 0.3) is 12.2 Å². The van der Waals surface area contributed by atoms with Crippen molar-refractivity contribution in [2.45, 2.75) is 12.8 Å². The fourth-order valence-corrected chi connectivity index (χ4v) is 1.23. The minimum atomic E-state index is -2.72. The van der Waals surface area contributed by atoms with Gasteiger partial charge in [-0.1, -0.05) is 0 Å². The van der Waals surface area contributed by atoms with Gasteiger partial charge in [-0.3, -0.25) is 4.79 Å². The number of carboxylic acid groups (broad SMARTS) is 1. The van der Waals surface area contributed by atoms with Gasteiger partial charge in [0.2, 0.25) is 0 Å². The number of alkyl halides is 2. The number of fused-ring (bicyclic) bond motifs is 1. The second-order valence-corrected chi connectivity index (χ2v) is 2.98. The van der Waals surface area contributed by atoms with Crippen molar-refractivity contribution in [2.24, 2.45) is 0 Å². The Balaban J connectivity index is 2.52. The summed E-state index contributed by atoms with van der Waals surface area (Å²) in [5.74, 6) is -1.21. The van der Waals surface area contributed by atoms with Crippen molar-refractivity contribution >= 4 is 11.7 Å². The van der Waals surface area contributed by atoms with Gasteiger partial charge < -0.3 is 5.11 Å². The van der Waals surface area contributed by atoms with E-state index in [0.717, 1.165) is 10.6 Å². The molecule has 0 saturated heterocycles. The summed E-state index contributed by atoms with van der Waals surface area (Å²) >= 11 is 0. The van der Waals surface area contributed by atoms with Crippen LogP contribution in [0.15, 0.2) is 12.3 Å². The lowest BCUT2D eigenvalue weighted by molar-refractivity contribution is -0.136. The predicted octanol–water partition coefficient (Wildman–Crippen LogP) is 0.689. The molecule has 16 heavy (non-hydrogen) atoms. The highest BCUT2D eigenvalue weighted by Crippen LogP contribution is 2.17. The van der Waals surface area contributed by atoms with Crippen LogP contribution in [0.3, 0.4) is 0 Å². The van der Waals surface area contributed by atoms with E-state index in [-0.39, 0.29) is 17.3 Å². The average molecular weight is 228 g/mol. The summed E-state index contributed by atoms with van der Waals surface area (Å²) in [4.78, 5) is 17.8. The van der Waals surface area contributed by atoms with Crippen LogP contribution >= 0.6 is 0 Å². The Bertz CT molecular complexity index is 540. The predicted molar refractivity (Wildman–Crippen MR) is 47.1 cm³/mol. The van der Waals surface area contributed by atoms with Crippen molar-refractivity contribution < 1.29 is 18.7 Å². The van der Waals surface area contributed by atoms with E-state index in [1.165, 1.54) is 6.20 Å². The lowest BCUT2D eigenvalue weighted by Crippen LogP contribution is -2.03. The van der Waals surface area contributed by atoms with Gasteiger partial charge >= 0.3 is 5.97 Å². The molecule has 8 heteroatoms.